The maximum absolute atomic E-state index is 11.6. The van der Waals surface area contributed by atoms with Crippen molar-refractivity contribution >= 4 is 53.0 Å². The standard InChI is InChI=1S/C29H44O16.C13H28O8.C4H4O2/c1-21(30)13-25(34)42-9-5-38-17-29(18-39-6-10-43-26(35)14-22(2)31,19-40-7-11-44-27(36)15-23(3)32)20-41-8-12-45-28(37)16-24(4)33;14-1-5-18-9-13(10-19-6-2-15,11-20-7-3-16)12-21-8-4-17;1-3-2-4(5)6-3/h5-20H2,1-4H3;14-17H,1-12H2;1-2H2. The summed E-state index contributed by atoms with van der Waals surface area (Å²) >= 11 is 0. The molecule has 26 heteroatoms. The van der Waals surface area contributed by atoms with Crippen molar-refractivity contribution in [3.63, 3.8) is 0 Å². The van der Waals surface area contributed by atoms with Gasteiger partial charge in [-0.25, -0.2) is 0 Å². The van der Waals surface area contributed by atoms with Crippen molar-refractivity contribution in [1.82, 2.24) is 0 Å². The lowest BCUT2D eigenvalue weighted by Gasteiger charge is -2.33. The number of hydrogen-bond acceptors (Lipinski definition) is 26. The van der Waals surface area contributed by atoms with Gasteiger partial charge in [0.25, 0.3) is 0 Å². The molecule has 0 radical (unpaired) electrons. The molecule has 1 saturated heterocycles. The van der Waals surface area contributed by atoms with E-state index in [-0.39, 0.29) is 213 Å². The molecule has 0 bridgehead atoms. The zero-order valence-corrected chi connectivity index (χ0v) is 42.0. The number of rotatable bonds is 44. The van der Waals surface area contributed by atoms with Crippen LogP contribution in [0, 0.1) is 10.8 Å². The number of hydrogen-bond donors (Lipinski definition) is 4. The predicted molar refractivity (Wildman–Crippen MR) is 245 cm³/mol. The van der Waals surface area contributed by atoms with Crippen LogP contribution in [0.2, 0.25) is 0 Å². The summed E-state index contributed by atoms with van der Waals surface area (Å²) in [5.41, 5.74) is -1.67. The highest BCUT2D eigenvalue weighted by Crippen LogP contribution is 2.22. The Hall–Kier alpha value is -4.71. The predicted octanol–water partition coefficient (Wildman–Crippen LogP) is -1.42. The molecule has 1 fully saturated rings. The van der Waals surface area contributed by atoms with Crippen molar-refractivity contribution in [3.8, 4) is 0 Å². The minimum Gasteiger partial charge on any atom is -0.463 e. The molecule has 0 atom stereocenters. The Labute approximate surface area is 419 Å². The molecule has 26 nitrogen and oxygen atoms in total. The fourth-order valence-electron chi connectivity index (χ4n) is 5.26. The normalized spacial score (nSPS) is 11.9. The highest BCUT2D eigenvalue weighted by Gasteiger charge is 2.34. The quantitative estimate of drug-likeness (QED) is 0.0236. The Morgan fingerprint density at radius 3 is 0.736 bits per heavy atom. The maximum atomic E-state index is 11.6. The van der Waals surface area contributed by atoms with Gasteiger partial charge in [-0.3, -0.25) is 43.2 Å². The van der Waals surface area contributed by atoms with E-state index in [9.17, 15) is 43.2 Å². The number of aliphatic hydroxyl groups excluding tert-OH is 4. The second kappa shape index (κ2) is 44.9. The molecular formula is C46H76O26. The first-order valence-electron chi connectivity index (χ1n) is 22.8. The summed E-state index contributed by atoms with van der Waals surface area (Å²) in [4.78, 5) is 101. The van der Waals surface area contributed by atoms with Gasteiger partial charge in [0, 0.05) is 0 Å². The summed E-state index contributed by atoms with van der Waals surface area (Å²) in [7, 11) is 0. The summed E-state index contributed by atoms with van der Waals surface area (Å²) in [6.45, 7) is 8.57. The molecule has 72 heavy (non-hydrogen) atoms. The zero-order chi connectivity index (χ0) is 54.5. The van der Waals surface area contributed by atoms with Crippen LogP contribution in [-0.4, -0.2) is 232 Å². The van der Waals surface area contributed by atoms with Gasteiger partial charge in [-0.1, -0.05) is 6.58 Å². The monoisotopic (exact) mass is 1040 g/mol. The number of cyclic esters (lactones) is 1. The van der Waals surface area contributed by atoms with E-state index in [4.69, 9.17) is 77.3 Å². The maximum Gasteiger partial charge on any atom is 0.318 e. The van der Waals surface area contributed by atoms with Crippen molar-refractivity contribution in [1.29, 1.82) is 0 Å². The number of carbonyl (C=O) groups is 9. The molecule has 0 unspecified atom stereocenters. The molecule has 1 aliphatic rings. The number of ketones is 4. The minimum absolute atomic E-state index is 0.0562. The van der Waals surface area contributed by atoms with Crippen molar-refractivity contribution in [2.75, 3.05) is 159 Å². The van der Waals surface area contributed by atoms with Crippen molar-refractivity contribution in [2.45, 2.75) is 59.8 Å². The lowest BCUT2D eigenvalue weighted by molar-refractivity contribution is -0.152. The molecule has 416 valence electrons. The van der Waals surface area contributed by atoms with Gasteiger partial charge in [-0.2, -0.15) is 0 Å². The first-order valence-corrected chi connectivity index (χ1v) is 22.8. The van der Waals surface area contributed by atoms with Gasteiger partial charge in [0.1, 0.15) is 87.4 Å². The third-order valence-electron chi connectivity index (χ3n) is 8.34. The van der Waals surface area contributed by atoms with Crippen LogP contribution in [-0.2, 0) is 105 Å². The van der Waals surface area contributed by atoms with Gasteiger partial charge >= 0.3 is 29.8 Å². The lowest BCUT2D eigenvalue weighted by atomic mass is 9.92. The molecule has 4 N–H and O–H groups in total. The van der Waals surface area contributed by atoms with Gasteiger partial charge < -0.3 is 82.0 Å². The van der Waals surface area contributed by atoms with Crippen LogP contribution < -0.4 is 0 Å². The van der Waals surface area contributed by atoms with Crippen molar-refractivity contribution in [2.24, 2.45) is 10.8 Å². The van der Waals surface area contributed by atoms with Crippen LogP contribution in [0.4, 0.5) is 0 Å². The summed E-state index contributed by atoms with van der Waals surface area (Å²) in [6, 6.07) is 0. The van der Waals surface area contributed by atoms with Crippen LogP contribution in [0.1, 0.15) is 59.8 Å². The number of aliphatic hydroxyl groups is 4. The average Bonchev–Trinajstić information content (AvgIpc) is 3.28. The van der Waals surface area contributed by atoms with Crippen molar-refractivity contribution in [3.05, 3.63) is 12.3 Å². The second-order valence-electron chi connectivity index (χ2n) is 15.9. The molecule has 1 aliphatic heterocycles. The Balaban J connectivity index is 0. The fraction of sp³-hybridized carbons (Fsp3) is 0.761. The number of Topliss-reactive ketones (excluding diaryl/α,β-unsaturated/α-hetero) is 4. The van der Waals surface area contributed by atoms with Gasteiger partial charge in [0.15, 0.2) is 0 Å². The third kappa shape index (κ3) is 42.9. The molecule has 0 aromatic rings. The Morgan fingerprint density at radius 1 is 0.403 bits per heavy atom. The van der Waals surface area contributed by atoms with E-state index >= 15 is 0 Å². The highest BCUT2D eigenvalue weighted by atomic mass is 16.6. The Morgan fingerprint density at radius 2 is 0.597 bits per heavy atom. The van der Waals surface area contributed by atoms with Gasteiger partial charge in [-0.05, 0) is 27.7 Å². The topological polar surface area (TPSA) is 355 Å². The van der Waals surface area contributed by atoms with Crippen molar-refractivity contribution < 1.29 is 125 Å². The van der Waals surface area contributed by atoms with Gasteiger partial charge in [0.2, 0.25) is 0 Å². The van der Waals surface area contributed by atoms with Crippen LogP contribution in [0.25, 0.3) is 0 Å². The minimum atomic E-state index is -1.04. The molecule has 0 spiro atoms. The summed E-state index contributed by atoms with van der Waals surface area (Å²) in [5, 5.41) is 35.2. The van der Waals surface area contributed by atoms with E-state index in [1.54, 1.807) is 0 Å². The first-order chi connectivity index (χ1) is 34.3. The average molecular weight is 1050 g/mol. The van der Waals surface area contributed by atoms with E-state index < -0.39 is 34.7 Å². The Bertz CT molecular complexity index is 1360. The molecule has 1 rings (SSSR count). The van der Waals surface area contributed by atoms with E-state index in [0.29, 0.717) is 12.2 Å². The summed E-state index contributed by atoms with van der Waals surface area (Å²) < 4.78 is 68.4. The summed E-state index contributed by atoms with van der Waals surface area (Å²) in [5.74, 6) is -3.80. The first kappa shape index (κ1) is 69.4. The fourth-order valence-corrected chi connectivity index (χ4v) is 5.26. The largest absolute Gasteiger partial charge is 0.463 e. The highest BCUT2D eigenvalue weighted by molar-refractivity contribution is 5.95. The molecule has 0 saturated carbocycles. The number of carbonyl (C=O) groups excluding carboxylic acids is 9. The second-order valence-corrected chi connectivity index (χ2v) is 15.9. The molecule has 0 aromatic carbocycles. The van der Waals surface area contributed by atoms with Gasteiger partial charge in [-0.15, -0.1) is 0 Å². The zero-order valence-electron chi connectivity index (χ0n) is 42.0. The molecule has 0 amide bonds. The van der Waals surface area contributed by atoms with E-state index in [0.717, 1.165) is 0 Å². The molecular weight excluding hydrogens is 968 g/mol. The number of esters is 5. The molecule has 0 aromatic heterocycles. The van der Waals surface area contributed by atoms with Gasteiger partial charge in [0.05, 0.1) is 143 Å². The number of ether oxygens (including phenoxy) is 13. The summed E-state index contributed by atoms with van der Waals surface area (Å²) in [6.07, 6.45) is -1.07. The van der Waals surface area contributed by atoms with Crippen LogP contribution >= 0.6 is 0 Å². The molecule has 0 aliphatic carbocycles. The van der Waals surface area contributed by atoms with Crippen LogP contribution in [0.5, 0.6) is 0 Å². The van der Waals surface area contributed by atoms with E-state index in [2.05, 4.69) is 11.3 Å². The lowest BCUT2D eigenvalue weighted by Crippen LogP contribution is -2.43. The third-order valence-corrected chi connectivity index (χ3v) is 8.34. The van der Waals surface area contributed by atoms with E-state index in [1.807, 2.05) is 0 Å². The Kier molecular flexibility index (Phi) is 43.3. The van der Waals surface area contributed by atoms with Crippen LogP contribution in [0.15, 0.2) is 12.3 Å². The SMILES string of the molecule is C=C1CC(=O)O1.CC(=O)CC(=O)OCCOCC(COCCOC(=O)CC(C)=O)(COCCOC(=O)CC(C)=O)COCCOC(=O)CC(C)=O.OCCOCC(COCCO)(COCCO)COCCO. The molecule has 1 heterocycles. The van der Waals surface area contributed by atoms with Crippen LogP contribution in [0.3, 0.4) is 0 Å². The van der Waals surface area contributed by atoms with E-state index in [1.165, 1.54) is 27.7 Å². The smallest absolute Gasteiger partial charge is 0.318 e.